The van der Waals surface area contributed by atoms with Crippen LogP contribution in [0, 0.1) is 12.3 Å². The minimum atomic E-state index is -0.747. The monoisotopic (exact) mass is 359 g/mol. The summed E-state index contributed by atoms with van der Waals surface area (Å²) in [5, 5.41) is 0. The summed E-state index contributed by atoms with van der Waals surface area (Å²) in [6.07, 6.45) is 8.25. The maximum atomic E-state index is 11.4. The average molecular weight is 359 g/mol. The summed E-state index contributed by atoms with van der Waals surface area (Å²) in [5.41, 5.74) is 10.0. The Balaban J connectivity index is 0. The Hall–Kier alpha value is -0.141. The van der Waals surface area contributed by atoms with Crippen molar-refractivity contribution in [1.82, 2.24) is 0 Å². The molecule has 0 heterocycles. The van der Waals surface area contributed by atoms with E-state index in [0.717, 1.165) is 36.8 Å². The summed E-state index contributed by atoms with van der Waals surface area (Å²) >= 11 is 0. The van der Waals surface area contributed by atoms with Crippen LogP contribution in [0.5, 0.6) is 0 Å². The van der Waals surface area contributed by atoms with Crippen molar-refractivity contribution < 1.29 is 37.5 Å². The Labute approximate surface area is 157 Å². The smallest absolute Gasteiger partial charge is 0.0245 e. The van der Waals surface area contributed by atoms with Crippen molar-refractivity contribution in [1.29, 1.82) is 0 Å². The molecule has 1 N–H and O–H groups in total. The van der Waals surface area contributed by atoms with E-state index in [2.05, 4.69) is 33.1 Å². The van der Waals surface area contributed by atoms with Crippen LogP contribution in [0.15, 0.2) is 36.0 Å². The van der Waals surface area contributed by atoms with Gasteiger partial charge in [0.15, 0.2) is 0 Å². The molecule has 0 aromatic heterocycles. The molecular weight excluding hydrogens is 334 g/mol. The average Bonchev–Trinajstić information content (AvgIpc) is 2.50. The zero-order chi connectivity index (χ0) is 14.5. The van der Waals surface area contributed by atoms with Gasteiger partial charge in [-0.1, -0.05) is 56.6 Å². The molecule has 1 aliphatic carbocycles. The fourth-order valence-electron chi connectivity index (χ4n) is 2.35. The van der Waals surface area contributed by atoms with Crippen LogP contribution < -0.4 is 0 Å². The van der Waals surface area contributed by atoms with Gasteiger partial charge in [-0.05, 0) is 31.3 Å². The Morgan fingerprint density at radius 3 is 2.52 bits per heavy atom. The van der Waals surface area contributed by atoms with Crippen LogP contribution in [0.25, 0.3) is 5.73 Å². The zero-order valence-electron chi connectivity index (χ0n) is 13.2. The third kappa shape index (κ3) is 7.10. The van der Waals surface area contributed by atoms with E-state index in [1.165, 1.54) is 12.0 Å². The first-order valence-electron chi connectivity index (χ1n) is 7.07. The second-order valence-electron chi connectivity index (χ2n) is 5.64. The second-order valence-corrected chi connectivity index (χ2v) is 5.64. The third-order valence-electron chi connectivity index (χ3n) is 3.94. The maximum Gasteiger partial charge on any atom is 0.0245 e. The van der Waals surface area contributed by atoms with Crippen molar-refractivity contribution in [2.24, 2.45) is 5.41 Å². The van der Waals surface area contributed by atoms with Crippen LogP contribution >= 0.6 is 0 Å². The molecule has 21 heavy (non-hydrogen) atoms. The van der Waals surface area contributed by atoms with Gasteiger partial charge >= 0.3 is 0 Å². The molecule has 4 radical (unpaired) electrons. The van der Waals surface area contributed by atoms with E-state index in [-0.39, 0.29) is 41.1 Å². The molecule has 0 saturated heterocycles. The number of allylic oxidation sites excluding steroid dienone is 4. The fraction of sp³-hybridized carbons (Fsp3) is 0.529. The molecule has 1 amide bonds. The minimum absolute atomic E-state index is 0. The predicted molar refractivity (Wildman–Crippen MR) is 87.2 cm³/mol. The van der Waals surface area contributed by atoms with Gasteiger partial charge in [0.2, 0.25) is 0 Å². The van der Waals surface area contributed by atoms with Gasteiger partial charge in [-0.2, -0.15) is 0 Å². The number of carbonyl (C=O) groups excluding carboxylic acids is 1. The standard InChI is InChI=1S/C17H26NO.B.Y/c1-5-6-7-13(2)12-15-9-11-17(4,16(18)19)10-8-14(15)3;;/h12H,2-11H2,1H3,(H2,18,19);;/q-1;;/p-1/b15-12-;;. The molecule has 4 heteroatoms. The van der Waals surface area contributed by atoms with Crippen LogP contribution in [0.3, 0.4) is 0 Å². The van der Waals surface area contributed by atoms with E-state index in [4.69, 9.17) is 5.73 Å². The molecule has 1 unspecified atom stereocenters. The van der Waals surface area contributed by atoms with Gasteiger partial charge in [0.25, 0.3) is 0 Å². The topological polar surface area (TPSA) is 40.9 Å². The third-order valence-corrected chi connectivity index (χ3v) is 3.94. The van der Waals surface area contributed by atoms with Crippen molar-refractivity contribution in [3.63, 3.8) is 0 Å². The molecule has 0 spiro atoms. The zero-order valence-corrected chi connectivity index (χ0v) is 16.0. The van der Waals surface area contributed by atoms with Gasteiger partial charge < -0.3 is 17.5 Å². The molecule has 1 saturated carbocycles. The SMILES string of the molecule is C=C(/C=C1/CCC([CH2-])(C([NH-])=O)CCC1=C)CCCC.[B].[Y]. The van der Waals surface area contributed by atoms with Crippen molar-refractivity contribution in [3.8, 4) is 0 Å². The summed E-state index contributed by atoms with van der Waals surface area (Å²) < 4.78 is 0. The summed E-state index contributed by atoms with van der Waals surface area (Å²) in [6.45, 7) is 14.3. The normalized spacial score (nSPS) is 23.7. The number of hydrogen-bond acceptors (Lipinski definition) is 1. The molecule has 0 aromatic rings. The van der Waals surface area contributed by atoms with Crippen LogP contribution in [0.2, 0.25) is 0 Å². The number of nitrogens with one attached hydrogen (secondary N) is 1. The van der Waals surface area contributed by atoms with Crippen LogP contribution in [0.4, 0.5) is 0 Å². The van der Waals surface area contributed by atoms with E-state index in [0.29, 0.717) is 12.8 Å². The second kappa shape index (κ2) is 10.6. The molecule has 0 aliphatic heterocycles. The van der Waals surface area contributed by atoms with E-state index in [1.807, 2.05) is 0 Å². The molecule has 2 nitrogen and oxygen atoms in total. The summed E-state index contributed by atoms with van der Waals surface area (Å²) in [6, 6.07) is 0. The van der Waals surface area contributed by atoms with Gasteiger partial charge in [0.1, 0.15) is 0 Å². The van der Waals surface area contributed by atoms with Crippen molar-refractivity contribution in [2.45, 2.75) is 51.9 Å². The number of unbranched alkanes of at least 4 members (excludes halogenated alkanes) is 1. The molecule has 1 fully saturated rings. The van der Waals surface area contributed by atoms with Crippen molar-refractivity contribution in [3.05, 3.63) is 48.6 Å². The first-order chi connectivity index (χ1) is 8.89. The van der Waals surface area contributed by atoms with Gasteiger partial charge in [-0.3, -0.25) is 0 Å². The molecule has 1 atom stereocenters. The molecule has 1 rings (SSSR count). The Morgan fingerprint density at radius 1 is 1.43 bits per heavy atom. The Kier molecular flexibility index (Phi) is 11.6. The Morgan fingerprint density at radius 2 is 2.00 bits per heavy atom. The largest absolute Gasteiger partial charge is 0.670 e. The van der Waals surface area contributed by atoms with E-state index in [1.54, 1.807) is 0 Å². The fourth-order valence-corrected chi connectivity index (χ4v) is 2.35. The molecule has 112 valence electrons. The van der Waals surface area contributed by atoms with Crippen LogP contribution in [0.1, 0.15) is 51.9 Å². The van der Waals surface area contributed by atoms with E-state index in [9.17, 15) is 4.79 Å². The van der Waals surface area contributed by atoms with Gasteiger partial charge in [0, 0.05) is 47.0 Å². The summed E-state index contributed by atoms with van der Waals surface area (Å²) in [7, 11) is 0. The Bertz CT molecular complexity index is 417. The van der Waals surface area contributed by atoms with Gasteiger partial charge in [0.05, 0.1) is 0 Å². The summed E-state index contributed by atoms with van der Waals surface area (Å²) in [5.74, 6) is -0.550. The van der Waals surface area contributed by atoms with Crippen molar-refractivity contribution >= 4 is 14.3 Å². The van der Waals surface area contributed by atoms with Crippen LogP contribution in [-0.4, -0.2) is 14.3 Å². The first kappa shape index (κ1) is 23.1. The number of amides is 1. The molecule has 0 bridgehead atoms. The quantitative estimate of drug-likeness (QED) is 0.395. The molecule has 1 aliphatic rings. The number of rotatable bonds is 5. The van der Waals surface area contributed by atoms with Crippen LogP contribution in [-0.2, 0) is 37.5 Å². The molecular formula is C17H25BNOY-2. The first-order valence-corrected chi connectivity index (χ1v) is 7.07. The van der Waals surface area contributed by atoms with E-state index < -0.39 is 11.3 Å². The van der Waals surface area contributed by atoms with E-state index >= 15 is 0 Å². The van der Waals surface area contributed by atoms with Crippen molar-refractivity contribution in [2.75, 3.05) is 0 Å². The summed E-state index contributed by atoms with van der Waals surface area (Å²) in [4.78, 5) is 11.4. The minimum Gasteiger partial charge on any atom is -0.670 e. The predicted octanol–water partition coefficient (Wildman–Crippen LogP) is 4.81. The number of hydrogen-bond donors (Lipinski definition) is 0. The van der Waals surface area contributed by atoms with Gasteiger partial charge in [-0.15, -0.1) is 5.41 Å². The molecule has 0 aromatic carbocycles. The maximum absolute atomic E-state index is 11.4. The van der Waals surface area contributed by atoms with Gasteiger partial charge in [-0.25, -0.2) is 0 Å². The number of carbonyl (C=O) groups is 1.